The van der Waals surface area contributed by atoms with Crippen molar-refractivity contribution >= 4 is 58.5 Å². The summed E-state index contributed by atoms with van der Waals surface area (Å²) < 4.78 is 0. The first-order valence-corrected chi connectivity index (χ1v) is 12.3. The van der Waals surface area contributed by atoms with E-state index in [0.29, 0.717) is 36.2 Å². The van der Waals surface area contributed by atoms with Crippen LogP contribution in [0.3, 0.4) is 0 Å². The van der Waals surface area contributed by atoms with Gasteiger partial charge in [0, 0.05) is 46.0 Å². The number of nitrogens with zero attached hydrogens (tertiary/aromatic N) is 2. The zero-order chi connectivity index (χ0) is 21.7. The van der Waals surface area contributed by atoms with Gasteiger partial charge in [-0.15, -0.1) is 23.5 Å². The summed E-state index contributed by atoms with van der Waals surface area (Å²) in [6.07, 6.45) is 0. The quantitative estimate of drug-likeness (QED) is 0.521. The molecule has 2 aromatic carbocycles. The molecule has 2 amide bonds. The Balaban J connectivity index is 1.48. The normalized spacial score (nSPS) is 16.3. The molecule has 4 nitrogen and oxygen atoms in total. The molecule has 30 heavy (non-hydrogen) atoms. The number of halogens is 2. The molecule has 1 heterocycles. The van der Waals surface area contributed by atoms with Crippen molar-refractivity contribution in [3.63, 3.8) is 0 Å². The SMILES string of the molecule is CC(Sc1ccc(Cl)cc1)C(=O)N1CCN(C(=O)C(C)Sc2ccc(Cl)cc2)CC1. The van der Waals surface area contributed by atoms with E-state index in [4.69, 9.17) is 23.2 Å². The Morgan fingerprint density at radius 2 is 1.00 bits per heavy atom. The molecule has 0 spiro atoms. The van der Waals surface area contributed by atoms with Gasteiger partial charge in [0.25, 0.3) is 0 Å². The van der Waals surface area contributed by atoms with Crippen LogP contribution in [-0.2, 0) is 9.59 Å². The van der Waals surface area contributed by atoms with Gasteiger partial charge >= 0.3 is 0 Å². The van der Waals surface area contributed by atoms with E-state index in [1.165, 1.54) is 23.5 Å². The van der Waals surface area contributed by atoms with E-state index in [1.54, 1.807) is 0 Å². The Morgan fingerprint density at radius 3 is 1.30 bits per heavy atom. The Morgan fingerprint density at radius 1 is 0.700 bits per heavy atom. The summed E-state index contributed by atoms with van der Waals surface area (Å²) >= 11 is 14.9. The summed E-state index contributed by atoms with van der Waals surface area (Å²) in [5, 5.41) is 0.991. The molecule has 8 heteroatoms. The Bertz CT molecular complexity index is 796. The highest BCUT2D eigenvalue weighted by molar-refractivity contribution is 8.00. The van der Waals surface area contributed by atoms with Crippen molar-refractivity contribution < 1.29 is 9.59 Å². The van der Waals surface area contributed by atoms with Crippen molar-refractivity contribution in [2.75, 3.05) is 26.2 Å². The van der Waals surface area contributed by atoms with Gasteiger partial charge in [-0.2, -0.15) is 0 Å². The fraction of sp³-hybridized carbons (Fsp3) is 0.364. The van der Waals surface area contributed by atoms with Gasteiger partial charge in [0.1, 0.15) is 0 Å². The summed E-state index contributed by atoms with van der Waals surface area (Å²) in [6, 6.07) is 15.0. The minimum atomic E-state index is -0.187. The Hall–Kier alpha value is -1.34. The Kier molecular flexibility index (Phi) is 8.40. The van der Waals surface area contributed by atoms with Crippen LogP contribution in [0.25, 0.3) is 0 Å². The number of carbonyl (C=O) groups excluding carboxylic acids is 2. The zero-order valence-electron chi connectivity index (χ0n) is 16.9. The molecule has 0 bridgehead atoms. The monoisotopic (exact) mass is 482 g/mol. The summed E-state index contributed by atoms with van der Waals surface area (Å²) in [4.78, 5) is 31.4. The Labute approximate surface area is 196 Å². The lowest BCUT2D eigenvalue weighted by molar-refractivity contribution is -0.138. The summed E-state index contributed by atoms with van der Waals surface area (Å²) in [6.45, 7) is 6.10. The molecule has 1 aliphatic rings. The van der Waals surface area contributed by atoms with Crippen LogP contribution in [0.2, 0.25) is 10.0 Å². The maximum absolute atomic E-state index is 12.8. The van der Waals surface area contributed by atoms with Crippen LogP contribution in [0.1, 0.15) is 13.8 Å². The van der Waals surface area contributed by atoms with Crippen LogP contribution in [0.15, 0.2) is 58.3 Å². The summed E-state index contributed by atoms with van der Waals surface area (Å²) in [7, 11) is 0. The van der Waals surface area contributed by atoms with Gasteiger partial charge in [-0.3, -0.25) is 9.59 Å². The van der Waals surface area contributed by atoms with Crippen molar-refractivity contribution in [1.29, 1.82) is 0 Å². The maximum Gasteiger partial charge on any atom is 0.235 e. The molecule has 2 unspecified atom stereocenters. The van der Waals surface area contributed by atoms with Crippen molar-refractivity contribution in [2.45, 2.75) is 34.1 Å². The second-order valence-electron chi connectivity index (χ2n) is 7.08. The van der Waals surface area contributed by atoms with Crippen LogP contribution >= 0.6 is 46.7 Å². The summed E-state index contributed by atoms with van der Waals surface area (Å²) in [5.41, 5.74) is 0. The van der Waals surface area contributed by atoms with Gasteiger partial charge in [-0.05, 0) is 62.4 Å². The third-order valence-electron chi connectivity index (χ3n) is 4.85. The topological polar surface area (TPSA) is 40.6 Å². The van der Waals surface area contributed by atoms with Crippen LogP contribution in [0.5, 0.6) is 0 Å². The number of thioether (sulfide) groups is 2. The van der Waals surface area contributed by atoms with Gasteiger partial charge in [-0.1, -0.05) is 23.2 Å². The van der Waals surface area contributed by atoms with E-state index >= 15 is 0 Å². The molecular formula is C22H24Cl2N2O2S2. The molecular weight excluding hydrogens is 459 g/mol. The first-order chi connectivity index (χ1) is 14.3. The molecule has 1 saturated heterocycles. The third-order valence-corrected chi connectivity index (χ3v) is 7.55. The van der Waals surface area contributed by atoms with E-state index in [0.717, 1.165) is 9.79 Å². The van der Waals surface area contributed by atoms with Crippen LogP contribution < -0.4 is 0 Å². The van der Waals surface area contributed by atoms with Gasteiger partial charge < -0.3 is 9.80 Å². The zero-order valence-corrected chi connectivity index (χ0v) is 20.0. The lowest BCUT2D eigenvalue weighted by atomic mass is 10.2. The highest BCUT2D eigenvalue weighted by Gasteiger charge is 2.29. The van der Waals surface area contributed by atoms with E-state index in [2.05, 4.69) is 0 Å². The van der Waals surface area contributed by atoms with Crippen LogP contribution in [0.4, 0.5) is 0 Å². The number of rotatable bonds is 6. The number of piperazine rings is 1. The van der Waals surface area contributed by atoms with E-state index in [1.807, 2.05) is 72.2 Å². The van der Waals surface area contributed by atoms with Crippen molar-refractivity contribution in [3.8, 4) is 0 Å². The number of carbonyl (C=O) groups is 2. The second kappa shape index (κ2) is 10.8. The first-order valence-electron chi connectivity index (χ1n) is 9.75. The number of benzene rings is 2. The number of amides is 2. The minimum absolute atomic E-state index is 0.102. The molecule has 0 saturated carbocycles. The van der Waals surface area contributed by atoms with Gasteiger partial charge in [0.05, 0.1) is 10.5 Å². The largest absolute Gasteiger partial charge is 0.338 e. The fourth-order valence-corrected chi connectivity index (χ4v) is 5.35. The van der Waals surface area contributed by atoms with Gasteiger partial charge in [0.2, 0.25) is 11.8 Å². The average Bonchev–Trinajstić information content (AvgIpc) is 2.76. The smallest absolute Gasteiger partial charge is 0.235 e. The van der Waals surface area contributed by atoms with E-state index in [9.17, 15) is 9.59 Å². The molecule has 0 N–H and O–H groups in total. The maximum atomic E-state index is 12.8. The fourth-order valence-electron chi connectivity index (χ4n) is 3.20. The highest BCUT2D eigenvalue weighted by atomic mass is 35.5. The van der Waals surface area contributed by atoms with Crippen LogP contribution in [0, 0.1) is 0 Å². The summed E-state index contributed by atoms with van der Waals surface area (Å²) in [5.74, 6) is 0.205. The molecule has 0 radical (unpaired) electrons. The standard InChI is InChI=1S/C22H24Cl2N2O2S2/c1-15(29-19-7-3-17(23)4-8-19)21(27)25-11-13-26(14-12-25)22(28)16(2)30-20-9-5-18(24)6-10-20/h3-10,15-16H,11-14H2,1-2H3. The predicted molar refractivity (Wildman–Crippen MR) is 127 cm³/mol. The van der Waals surface area contributed by atoms with E-state index < -0.39 is 0 Å². The predicted octanol–water partition coefficient (Wildman–Crippen LogP) is 5.33. The first kappa shape index (κ1) is 23.3. The van der Waals surface area contributed by atoms with Crippen molar-refractivity contribution in [1.82, 2.24) is 9.80 Å². The minimum Gasteiger partial charge on any atom is -0.338 e. The second-order valence-corrected chi connectivity index (χ2v) is 10.8. The third kappa shape index (κ3) is 6.33. The van der Waals surface area contributed by atoms with Gasteiger partial charge in [-0.25, -0.2) is 0 Å². The molecule has 160 valence electrons. The van der Waals surface area contributed by atoms with E-state index in [-0.39, 0.29) is 22.3 Å². The number of hydrogen-bond acceptors (Lipinski definition) is 4. The molecule has 0 aromatic heterocycles. The molecule has 0 aliphatic carbocycles. The lowest BCUT2D eigenvalue weighted by Crippen LogP contribution is -2.53. The molecule has 1 aliphatic heterocycles. The molecule has 1 fully saturated rings. The number of hydrogen-bond donors (Lipinski definition) is 0. The lowest BCUT2D eigenvalue weighted by Gasteiger charge is -2.36. The highest BCUT2D eigenvalue weighted by Crippen LogP contribution is 2.28. The molecule has 2 aromatic rings. The molecule has 3 rings (SSSR count). The average molecular weight is 483 g/mol. The van der Waals surface area contributed by atoms with Crippen LogP contribution in [-0.4, -0.2) is 58.3 Å². The van der Waals surface area contributed by atoms with Gasteiger partial charge in [0.15, 0.2) is 0 Å². The van der Waals surface area contributed by atoms with Crippen molar-refractivity contribution in [2.24, 2.45) is 0 Å². The molecule has 2 atom stereocenters. The van der Waals surface area contributed by atoms with Crippen molar-refractivity contribution in [3.05, 3.63) is 58.6 Å².